The number of benzene rings is 2. The van der Waals surface area contributed by atoms with Gasteiger partial charge in [0.25, 0.3) is 0 Å². The number of fused-ring (bicyclic) bond motifs is 1. The molecule has 2 aromatic heterocycles. The summed E-state index contributed by atoms with van der Waals surface area (Å²) in [6.07, 6.45) is 2.15. The number of rotatable bonds is 6. The van der Waals surface area contributed by atoms with Gasteiger partial charge in [0.2, 0.25) is 5.95 Å². The van der Waals surface area contributed by atoms with E-state index < -0.39 is 0 Å². The Balaban J connectivity index is 1.47. The Labute approximate surface area is 199 Å². The molecular formula is C27H29N5O2. The number of carbonyl (C=O) groups is 1. The number of nitrogens with one attached hydrogen (secondary N) is 1. The first-order chi connectivity index (χ1) is 16.5. The maximum atomic E-state index is 11.8. The summed E-state index contributed by atoms with van der Waals surface area (Å²) in [4.78, 5) is 18.8. The fourth-order valence-electron chi connectivity index (χ4n) is 4.94. The molecule has 1 aliphatic rings. The van der Waals surface area contributed by atoms with Crippen molar-refractivity contribution in [3.63, 3.8) is 0 Å². The van der Waals surface area contributed by atoms with Gasteiger partial charge in [0, 0.05) is 35.6 Å². The van der Waals surface area contributed by atoms with Crippen molar-refractivity contribution in [1.29, 1.82) is 0 Å². The number of nitrogens with zero attached hydrogens (tertiary/aromatic N) is 4. The third-order valence-electron chi connectivity index (χ3n) is 6.35. The number of anilines is 3. The number of carbonyl (C=O) groups excluding carboxylic acids is 1. The third-order valence-corrected chi connectivity index (χ3v) is 6.35. The molecule has 2 aromatic carbocycles. The Morgan fingerprint density at radius 1 is 1.03 bits per heavy atom. The Bertz CT molecular complexity index is 1320. The zero-order valence-electron chi connectivity index (χ0n) is 19.7. The van der Waals surface area contributed by atoms with Crippen LogP contribution in [0, 0.1) is 11.8 Å². The molecule has 34 heavy (non-hydrogen) atoms. The van der Waals surface area contributed by atoms with Gasteiger partial charge in [0.1, 0.15) is 5.75 Å². The number of piperidine rings is 1. The van der Waals surface area contributed by atoms with Gasteiger partial charge in [-0.25, -0.2) is 4.52 Å². The van der Waals surface area contributed by atoms with Crippen LogP contribution in [0.15, 0.2) is 60.7 Å². The maximum Gasteiger partial charge on any atom is 0.247 e. The molecular weight excluding hydrogens is 426 g/mol. The van der Waals surface area contributed by atoms with E-state index in [-0.39, 0.29) is 0 Å². The van der Waals surface area contributed by atoms with E-state index in [0.29, 0.717) is 23.3 Å². The molecule has 1 saturated heterocycles. The van der Waals surface area contributed by atoms with Gasteiger partial charge < -0.3 is 15.0 Å². The topological polar surface area (TPSA) is 71.8 Å². The van der Waals surface area contributed by atoms with Gasteiger partial charge in [-0.2, -0.15) is 4.98 Å². The molecule has 2 atom stereocenters. The Morgan fingerprint density at radius 3 is 2.59 bits per heavy atom. The van der Waals surface area contributed by atoms with E-state index in [1.54, 1.807) is 7.11 Å². The highest BCUT2D eigenvalue weighted by Gasteiger charge is 2.24. The normalized spacial score (nSPS) is 18.1. The molecule has 1 N–H and O–H groups in total. The molecule has 4 aromatic rings. The summed E-state index contributed by atoms with van der Waals surface area (Å²) < 4.78 is 7.20. The lowest BCUT2D eigenvalue weighted by Gasteiger charge is -2.37. The van der Waals surface area contributed by atoms with Gasteiger partial charge >= 0.3 is 0 Å². The molecule has 174 valence electrons. The number of aromatic nitrogens is 3. The SMILES string of the molecule is COc1cccc(-c2cccc3nc(Nc4ccc(C=O)c(N5CC(C)CC(C)C5)c4)nn23)c1. The smallest absolute Gasteiger partial charge is 0.247 e. The minimum Gasteiger partial charge on any atom is -0.497 e. The second-order valence-electron chi connectivity index (χ2n) is 9.22. The molecule has 0 spiro atoms. The van der Waals surface area contributed by atoms with Crippen LogP contribution in [0.2, 0.25) is 0 Å². The molecule has 0 amide bonds. The molecule has 0 bridgehead atoms. The van der Waals surface area contributed by atoms with Gasteiger partial charge in [-0.1, -0.05) is 32.0 Å². The van der Waals surface area contributed by atoms with E-state index in [2.05, 4.69) is 29.0 Å². The summed E-state index contributed by atoms with van der Waals surface area (Å²) in [6.45, 7) is 6.44. The van der Waals surface area contributed by atoms with Crippen LogP contribution in [-0.2, 0) is 0 Å². The molecule has 3 heterocycles. The summed E-state index contributed by atoms with van der Waals surface area (Å²) in [5.41, 5.74) is 5.17. The monoisotopic (exact) mass is 455 g/mol. The summed E-state index contributed by atoms with van der Waals surface area (Å²) in [5.74, 6) is 2.47. The average molecular weight is 456 g/mol. The fourth-order valence-corrected chi connectivity index (χ4v) is 4.94. The van der Waals surface area contributed by atoms with E-state index in [0.717, 1.165) is 53.4 Å². The minimum atomic E-state index is 0.500. The van der Waals surface area contributed by atoms with E-state index in [1.807, 2.05) is 65.2 Å². The van der Waals surface area contributed by atoms with Gasteiger partial charge in [0.05, 0.1) is 12.8 Å². The van der Waals surface area contributed by atoms with E-state index in [1.165, 1.54) is 6.42 Å². The molecule has 1 fully saturated rings. The highest BCUT2D eigenvalue weighted by atomic mass is 16.5. The van der Waals surface area contributed by atoms with Crippen LogP contribution in [0.3, 0.4) is 0 Å². The van der Waals surface area contributed by atoms with Crippen LogP contribution < -0.4 is 15.0 Å². The molecule has 0 radical (unpaired) electrons. The van der Waals surface area contributed by atoms with E-state index in [4.69, 9.17) is 9.84 Å². The van der Waals surface area contributed by atoms with Crippen LogP contribution >= 0.6 is 0 Å². The first-order valence-corrected chi connectivity index (χ1v) is 11.7. The Morgan fingerprint density at radius 2 is 1.82 bits per heavy atom. The van der Waals surface area contributed by atoms with Crippen molar-refractivity contribution in [2.75, 3.05) is 30.4 Å². The maximum absolute atomic E-state index is 11.8. The largest absolute Gasteiger partial charge is 0.497 e. The first-order valence-electron chi connectivity index (χ1n) is 11.7. The molecule has 0 aliphatic carbocycles. The Hall–Kier alpha value is -3.87. The predicted molar refractivity (Wildman–Crippen MR) is 135 cm³/mol. The minimum absolute atomic E-state index is 0.500. The molecule has 2 unspecified atom stereocenters. The number of aldehydes is 1. The lowest BCUT2D eigenvalue weighted by atomic mass is 9.91. The van der Waals surface area contributed by atoms with E-state index in [9.17, 15) is 4.79 Å². The van der Waals surface area contributed by atoms with Gasteiger partial charge in [-0.05, 0) is 60.7 Å². The predicted octanol–water partition coefficient (Wildman–Crippen LogP) is 5.44. The number of hydrogen-bond acceptors (Lipinski definition) is 6. The van der Waals surface area contributed by atoms with Crippen molar-refractivity contribution in [1.82, 2.24) is 14.6 Å². The second-order valence-corrected chi connectivity index (χ2v) is 9.22. The highest BCUT2D eigenvalue weighted by Crippen LogP contribution is 2.31. The van der Waals surface area contributed by atoms with Crippen molar-refractivity contribution >= 4 is 29.3 Å². The third kappa shape index (κ3) is 4.33. The van der Waals surface area contributed by atoms with Gasteiger partial charge in [-0.15, -0.1) is 5.10 Å². The first kappa shape index (κ1) is 21.9. The zero-order valence-corrected chi connectivity index (χ0v) is 19.7. The van der Waals surface area contributed by atoms with Crippen LogP contribution in [0.1, 0.15) is 30.6 Å². The van der Waals surface area contributed by atoms with Crippen LogP contribution in [0.5, 0.6) is 5.75 Å². The number of hydrogen-bond donors (Lipinski definition) is 1. The Kier molecular flexibility index (Phi) is 5.92. The summed E-state index contributed by atoms with van der Waals surface area (Å²) in [7, 11) is 1.66. The quantitative estimate of drug-likeness (QED) is 0.390. The van der Waals surface area contributed by atoms with E-state index >= 15 is 0 Å². The van der Waals surface area contributed by atoms with Crippen LogP contribution in [0.25, 0.3) is 16.9 Å². The summed E-state index contributed by atoms with van der Waals surface area (Å²) in [5, 5.41) is 8.06. The van der Waals surface area contributed by atoms with Crippen LogP contribution in [-0.4, -0.2) is 41.1 Å². The van der Waals surface area contributed by atoms with Gasteiger partial charge in [-0.3, -0.25) is 4.79 Å². The number of ether oxygens (including phenoxy) is 1. The van der Waals surface area contributed by atoms with Crippen molar-refractivity contribution in [2.24, 2.45) is 11.8 Å². The molecule has 0 saturated carbocycles. The molecule has 1 aliphatic heterocycles. The lowest BCUT2D eigenvalue weighted by molar-refractivity contribution is 0.112. The fraction of sp³-hybridized carbons (Fsp3) is 0.296. The van der Waals surface area contributed by atoms with Crippen LogP contribution in [0.4, 0.5) is 17.3 Å². The van der Waals surface area contributed by atoms with Crippen molar-refractivity contribution in [3.05, 3.63) is 66.2 Å². The number of pyridine rings is 1. The van der Waals surface area contributed by atoms with Crippen molar-refractivity contribution < 1.29 is 9.53 Å². The van der Waals surface area contributed by atoms with Crippen molar-refractivity contribution in [3.8, 4) is 17.0 Å². The summed E-state index contributed by atoms with van der Waals surface area (Å²) >= 11 is 0. The lowest BCUT2D eigenvalue weighted by Crippen LogP contribution is -2.39. The summed E-state index contributed by atoms with van der Waals surface area (Å²) in [6, 6.07) is 19.6. The van der Waals surface area contributed by atoms with Gasteiger partial charge in [0.15, 0.2) is 11.9 Å². The molecule has 5 rings (SSSR count). The van der Waals surface area contributed by atoms with Crippen molar-refractivity contribution in [2.45, 2.75) is 20.3 Å². The molecule has 7 nitrogen and oxygen atoms in total. The highest BCUT2D eigenvalue weighted by molar-refractivity contribution is 5.86. The molecule has 7 heteroatoms. The standard InChI is InChI=1S/C27H29N5O2/c1-18-12-19(2)16-31(15-18)25-14-22(11-10-21(25)17-33)28-27-29-26-9-5-8-24(32(26)30-27)20-6-4-7-23(13-20)34-3/h4-11,13-14,17-19H,12,15-16H2,1-3H3,(H,28,30). The number of methoxy groups -OCH3 is 1. The second kappa shape index (κ2) is 9.17. The average Bonchev–Trinajstić information content (AvgIpc) is 3.26. The zero-order chi connectivity index (χ0) is 23.7.